The van der Waals surface area contributed by atoms with Gasteiger partial charge in [0.05, 0.1) is 24.6 Å². The summed E-state index contributed by atoms with van der Waals surface area (Å²) in [6.45, 7) is 2.69. The summed E-state index contributed by atoms with van der Waals surface area (Å²) in [6, 6.07) is 7.69. The molecule has 180 valence electrons. The Balaban J connectivity index is 1.48. The minimum absolute atomic E-state index is 0.0134. The van der Waals surface area contributed by atoms with Crippen LogP contribution in [0, 0.1) is 0 Å². The number of nitrogens with zero attached hydrogens (tertiary/aromatic N) is 5. The van der Waals surface area contributed by atoms with Crippen molar-refractivity contribution in [3.63, 3.8) is 0 Å². The second-order valence-electron chi connectivity index (χ2n) is 8.85. The maximum atomic E-state index is 12.9. The number of benzene rings is 1. The van der Waals surface area contributed by atoms with Gasteiger partial charge in [-0.3, -0.25) is 9.20 Å². The number of methoxy groups -OCH3 is 1. The molecule has 1 fully saturated rings. The Morgan fingerprint density at radius 2 is 1.85 bits per heavy atom. The van der Waals surface area contributed by atoms with Gasteiger partial charge in [0.25, 0.3) is 5.91 Å². The van der Waals surface area contributed by atoms with E-state index in [1.807, 2.05) is 16.7 Å². The Bertz CT molecular complexity index is 1210. The van der Waals surface area contributed by atoms with Crippen LogP contribution in [0.2, 0.25) is 0 Å². The van der Waals surface area contributed by atoms with Crippen molar-refractivity contribution < 1.29 is 22.7 Å². The monoisotopic (exact) mass is 473 g/mol. The summed E-state index contributed by atoms with van der Waals surface area (Å²) in [5.41, 5.74) is 4.43. The van der Waals surface area contributed by atoms with Crippen molar-refractivity contribution in [2.45, 2.75) is 12.6 Å². The summed E-state index contributed by atoms with van der Waals surface area (Å²) >= 11 is 0. The van der Waals surface area contributed by atoms with Crippen molar-refractivity contribution >= 4 is 17.2 Å². The normalized spacial score (nSPS) is 17.4. The van der Waals surface area contributed by atoms with Crippen LogP contribution >= 0.6 is 0 Å². The Hall–Kier alpha value is -3.27. The Kier molecular flexibility index (Phi) is 5.63. The number of piperazine rings is 1. The molecule has 1 saturated heterocycles. The molecule has 0 N–H and O–H groups in total. The summed E-state index contributed by atoms with van der Waals surface area (Å²) < 4.78 is 46.1. The van der Waals surface area contributed by atoms with Crippen LogP contribution in [0.4, 0.5) is 18.9 Å². The quantitative estimate of drug-likeness (QED) is 0.582. The van der Waals surface area contributed by atoms with Crippen molar-refractivity contribution in [1.82, 2.24) is 19.2 Å². The van der Waals surface area contributed by atoms with E-state index in [0.717, 1.165) is 53.7 Å². The van der Waals surface area contributed by atoms with Gasteiger partial charge < -0.3 is 19.4 Å². The van der Waals surface area contributed by atoms with Crippen molar-refractivity contribution in [3.05, 3.63) is 47.8 Å². The molecular formula is C24H26F3N5O2. The minimum Gasteiger partial charge on any atom is -0.496 e. The predicted octanol–water partition coefficient (Wildman–Crippen LogP) is 3.32. The number of aromatic nitrogens is 2. The number of hydrogen-bond acceptors (Lipinski definition) is 5. The molecule has 0 saturated carbocycles. The molecule has 0 aliphatic carbocycles. The van der Waals surface area contributed by atoms with Gasteiger partial charge in [-0.25, -0.2) is 4.98 Å². The molecule has 2 aromatic heterocycles. The molecule has 7 nitrogen and oxygen atoms in total. The van der Waals surface area contributed by atoms with Crippen LogP contribution in [0.15, 0.2) is 36.7 Å². The van der Waals surface area contributed by atoms with Gasteiger partial charge in [0.1, 0.15) is 17.9 Å². The third-order valence-corrected chi connectivity index (χ3v) is 6.59. The molecule has 0 bridgehead atoms. The second-order valence-corrected chi connectivity index (χ2v) is 8.85. The van der Waals surface area contributed by atoms with Gasteiger partial charge in [-0.2, -0.15) is 13.2 Å². The SMILES string of the molecule is COc1cc(-c2cnc3cc(N4CCN(C)CC4)ccn23)cc2c1C(=O)N(CC(F)(F)F)CC2. The lowest BCUT2D eigenvalue weighted by molar-refractivity contribution is -0.141. The van der Waals surface area contributed by atoms with E-state index in [1.54, 1.807) is 12.3 Å². The molecule has 10 heteroatoms. The second kappa shape index (κ2) is 8.50. The highest BCUT2D eigenvalue weighted by Crippen LogP contribution is 2.35. The van der Waals surface area contributed by atoms with Gasteiger partial charge in [0, 0.05) is 56.2 Å². The van der Waals surface area contributed by atoms with Gasteiger partial charge >= 0.3 is 6.18 Å². The van der Waals surface area contributed by atoms with Crippen LogP contribution < -0.4 is 9.64 Å². The molecule has 5 rings (SSSR count). The van der Waals surface area contributed by atoms with E-state index in [-0.39, 0.29) is 17.9 Å². The number of amides is 1. The van der Waals surface area contributed by atoms with E-state index >= 15 is 0 Å². The van der Waals surface area contributed by atoms with Crippen molar-refractivity contribution in [2.75, 3.05) is 58.3 Å². The molecule has 1 amide bonds. The zero-order chi connectivity index (χ0) is 24.0. The molecule has 0 atom stereocenters. The topological polar surface area (TPSA) is 53.3 Å². The van der Waals surface area contributed by atoms with Gasteiger partial charge in [-0.1, -0.05) is 0 Å². The van der Waals surface area contributed by atoms with Gasteiger partial charge in [-0.15, -0.1) is 0 Å². The van der Waals surface area contributed by atoms with E-state index < -0.39 is 18.6 Å². The van der Waals surface area contributed by atoms with Gasteiger partial charge in [0.2, 0.25) is 0 Å². The molecule has 0 radical (unpaired) electrons. The number of carbonyl (C=O) groups is 1. The number of anilines is 1. The predicted molar refractivity (Wildman–Crippen MR) is 123 cm³/mol. The number of rotatable bonds is 4. The van der Waals surface area contributed by atoms with Gasteiger partial charge in [0.15, 0.2) is 0 Å². The fraction of sp³-hybridized carbons (Fsp3) is 0.417. The maximum absolute atomic E-state index is 12.9. The zero-order valence-electron chi connectivity index (χ0n) is 19.1. The number of hydrogen-bond donors (Lipinski definition) is 0. The zero-order valence-corrected chi connectivity index (χ0v) is 19.1. The standard InChI is InChI=1S/C24H26F3N5O2/c1-29-7-9-30(10-8-29)18-4-6-32-19(14-28-21(32)13-18)17-11-16-3-5-31(15-24(25,26)27)23(33)22(16)20(12-17)34-2/h4,6,11-14H,3,5,7-10,15H2,1-2H3. The van der Waals surface area contributed by atoms with E-state index in [2.05, 4.69) is 34.0 Å². The molecule has 0 unspecified atom stereocenters. The van der Waals surface area contributed by atoms with Crippen molar-refractivity contribution in [2.24, 2.45) is 0 Å². The highest BCUT2D eigenvalue weighted by atomic mass is 19.4. The van der Waals surface area contributed by atoms with Crippen LogP contribution in [-0.4, -0.2) is 84.7 Å². The van der Waals surface area contributed by atoms with Crippen LogP contribution in [0.25, 0.3) is 16.9 Å². The lowest BCUT2D eigenvalue weighted by Crippen LogP contribution is -2.44. The van der Waals surface area contributed by atoms with Gasteiger partial charge in [-0.05, 0) is 37.2 Å². The van der Waals surface area contributed by atoms with E-state index in [4.69, 9.17) is 4.74 Å². The number of halogens is 3. The summed E-state index contributed by atoms with van der Waals surface area (Å²) in [5.74, 6) is -0.384. The lowest BCUT2D eigenvalue weighted by Gasteiger charge is -2.34. The Labute approximate surface area is 195 Å². The summed E-state index contributed by atoms with van der Waals surface area (Å²) in [4.78, 5) is 22.9. The number of imidazole rings is 1. The number of carbonyl (C=O) groups excluding carboxylic acids is 1. The number of fused-ring (bicyclic) bond motifs is 2. The van der Waals surface area contributed by atoms with Crippen LogP contribution in [-0.2, 0) is 6.42 Å². The molecule has 0 spiro atoms. The first kappa shape index (κ1) is 22.5. The van der Waals surface area contributed by atoms with E-state index in [9.17, 15) is 18.0 Å². The first-order valence-corrected chi connectivity index (χ1v) is 11.2. The van der Waals surface area contributed by atoms with Crippen LogP contribution in [0.3, 0.4) is 0 Å². The minimum atomic E-state index is -4.44. The molecule has 2 aliphatic heterocycles. The average Bonchev–Trinajstić information content (AvgIpc) is 3.23. The molecule has 2 aliphatic rings. The molecule has 4 heterocycles. The first-order valence-electron chi connectivity index (χ1n) is 11.2. The fourth-order valence-corrected chi connectivity index (χ4v) is 4.75. The summed E-state index contributed by atoms with van der Waals surface area (Å²) in [6.07, 6.45) is -0.371. The lowest BCUT2D eigenvalue weighted by atomic mass is 9.94. The molecule has 3 aromatic rings. The van der Waals surface area contributed by atoms with Crippen molar-refractivity contribution in [3.8, 4) is 17.0 Å². The number of ether oxygens (including phenoxy) is 1. The fourth-order valence-electron chi connectivity index (χ4n) is 4.75. The average molecular weight is 473 g/mol. The molecule has 1 aromatic carbocycles. The Morgan fingerprint density at radius 1 is 1.09 bits per heavy atom. The maximum Gasteiger partial charge on any atom is 0.406 e. The third kappa shape index (κ3) is 4.18. The smallest absolute Gasteiger partial charge is 0.406 e. The summed E-state index contributed by atoms with van der Waals surface area (Å²) in [7, 11) is 3.54. The van der Waals surface area contributed by atoms with E-state index in [1.165, 1.54) is 7.11 Å². The van der Waals surface area contributed by atoms with Crippen LogP contribution in [0.1, 0.15) is 15.9 Å². The third-order valence-electron chi connectivity index (χ3n) is 6.59. The van der Waals surface area contributed by atoms with Crippen molar-refractivity contribution in [1.29, 1.82) is 0 Å². The number of pyridine rings is 1. The molecule has 34 heavy (non-hydrogen) atoms. The summed E-state index contributed by atoms with van der Waals surface area (Å²) in [5, 5.41) is 0. The highest BCUT2D eigenvalue weighted by Gasteiger charge is 2.37. The number of alkyl halides is 3. The Morgan fingerprint density at radius 3 is 2.56 bits per heavy atom. The molecular weight excluding hydrogens is 447 g/mol. The van der Waals surface area contributed by atoms with Crippen LogP contribution in [0.5, 0.6) is 5.75 Å². The first-order chi connectivity index (χ1) is 16.2. The van der Waals surface area contributed by atoms with E-state index in [0.29, 0.717) is 12.0 Å². The largest absolute Gasteiger partial charge is 0.496 e. The number of likely N-dealkylation sites (N-methyl/N-ethyl adjacent to an activating group) is 1. The highest BCUT2D eigenvalue weighted by molar-refractivity contribution is 6.00.